The Hall–Kier alpha value is -2.01. The molecule has 0 aliphatic carbocycles. The van der Waals surface area contributed by atoms with Gasteiger partial charge in [0.05, 0.1) is 6.61 Å². The summed E-state index contributed by atoms with van der Waals surface area (Å²) in [7, 11) is 0. The summed E-state index contributed by atoms with van der Waals surface area (Å²) >= 11 is 0. The smallest absolute Gasteiger partial charge is 0.136 e. The fraction of sp³-hybridized carbons (Fsp3) is 0.0833. The molecule has 17 heavy (non-hydrogen) atoms. The first-order valence-electron chi connectivity index (χ1n) is 4.87. The van der Waals surface area contributed by atoms with Crippen molar-refractivity contribution < 1.29 is 18.6 Å². The number of rotatable bonds is 3. The molecule has 1 aromatic heterocycles. The fourth-order valence-corrected chi connectivity index (χ4v) is 1.35. The van der Waals surface area contributed by atoms with E-state index in [2.05, 4.69) is 4.98 Å². The maximum Gasteiger partial charge on any atom is 0.136 e. The Balaban J connectivity index is 2.31. The van der Waals surface area contributed by atoms with Gasteiger partial charge in [0.25, 0.3) is 0 Å². The maximum atomic E-state index is 12.9. The molecule has 0 atom stereocenters. The number of aliphatic hydroxyl groups is 1. The Morgan fingerprint density at radius 3 is 2.53 bits per heavy atom. The Bertz CT molecular complexity index is 511. The van der Waals surface area contributed by atoms with Gasteiger partial charge in [-0.1, -0.05) is 0 Å². The van der Waals surface area contributed by atoms with E-state index in [9.17, 15) is 8.78 Å². The number of halogens is 2. The molecule has 0 spiro atoms. The predicted molar refractivity (Wildman–Crippen MR) is 56.6 cm³/mol. The molecular formula is C12H9F2NO2. The summed E-state index contributed by atoms with van der Waals surface area (Å²) in [6.07, 6.45) is 2.88. The molecule has 3 nitrogen and oxygen atoms in total. The molecule has 5 heteroatoms. The number of benzene rings is 1. The van der Waals surface area contributed by atoms with Gasteiger partial charge in [-0.15, -0.1) is 0 Å². The molecule has 0 fully saturated rings. The van der Waals surface area contributed by atoms with Gasteiger partial charge in [-0.05, 0) is 6.07 Å². The van der Waals surface area contributed by atoms with Crippen LogP contribution < -0.4 is 4.74 Å². The monoisotopic (exact) mass is 237 g/mol. The molecule has 0 saturated heterocycles. The van der Waals surface area contributed by atoms with Crippen LogP contribution >= 0.6 is 0 Å². The first-order valence-corrected chi connectivity index (χ1v) is 4.87. The highest BCUT2D eigenvalue weighted by molar-refractivity contribution is 5.35. The molecule has 1 heterocycles. The summed E-state index contributed by atoms with van der Waals surface area (Å²) < 4.78 is 31.1. The van der Waals surface area contributed by atoms with E-state index in [-0.39, 0.29) is 12.4 Å². The molecule has 2 rings (SSSR count). The van der Waals surface area contributed by atoms with Crippen molar-refractivity contribution in [2.45, 2.75) is 6.61 Å². The second kappa shape index (κ2) is 4.88. The lowest BCUT2D eigenvalue weighted by atomic mass is 10.2. The summed E-state index contributed by atoms with van der Waals surface area (Å²) in [6.45, 7) is -0.263. The molecule has 2 aromatic rings. The van der Waals surface area contributed by atoms with Gasteiger partial charge >= 0.3 is 0 Å². The summed E-state index contributed by atoms with van der Waals surface area (Å²) in [6, 6.07) is 4.38. The Morgan fingerprint density at radius 2 is 1.88 bits per heavy atom. The zero-order chi connectivity index (χ0) is 12.3. The number of aromatic nitrogens is 1. The van der Waals surface area contributed by atoms with Crippen LogP contribution in [0.1, 0.15) is 5.56 Å². The highest BCUT2D eigenvalue weighted by Crippen LogP contribution is 2.25. The van der Waals surface area contributed by atoms with E-state index in [0.29, 0.717) is 11.3 Å². The van der Waals surface area contributed by atoms with Gasteiger partial charge < -0.3 is 9.84 Å². The summed E-state index contributed by atoms with van der Waals surface area (Å²) in [5, 5.41) is 9.04. The Morgan fingerprint density at radius 1 is 1.18 bits per heavy atom. The SMILES string of the molecule is OCc1cnccc1Oc1cc(F)cc(F)c1. The molecule has 0 radical (unpaired) electrons. The van der Waals surface area contributed by atoms with E-state index in [4.69, 9.17) is 9.84 Å². The molecule has 88 valence electrons. The van der Waals surface area contributed by atoms with Gasteiger partial charge in [-0.3, -0.25) is 4.98 Å². The van der Waals surface area contributed by atoms with E-state index in [1.165, 1.54) is 18.5 Å². The van der Waals surface area contributed by atoms with Crippen molar-refractivity contribution in [2.24, 2.45) is 0 Å². The van der Waals surface area contributed by atoms with Crippen molar-refractivity contribution in [1.82, 2.24) is 4.98 Å². The molecule has 0 unspecified atom stereocenters. The number of ether oxygens (including phenoxy) is 1. The van der Waals surface area contributed by atoms with E-state index in [1.807, 2.05) is 0 Å². The van der Waals surface area contributed by atoms with Crippen LogP contribution in [0.4, 0.5) is 8.78 Å². The standard InChI is InChI=1S/C12H9F2NO2/c13-9-3-10(14)5-11(4-9)17-12-1-2-15-6-8(12)7-16/h1-6,16H,7H2. The van der Waals surface area contributed by atoms with Crippen molar-refractivity contribution in [3.8, 4) is 11.5 Å². The van der Waals surface area contributed by atoms with Gasteiger partial charge in [-0.25, -0.2) is 8.78 Å². The van der Waals surface area contributed by atoms with Gasteiger partial charge in [0.1, 0.15) is 23.1 Å². The minimum Gasteiger partial charge on any atom is -0.457 e. The van der Waals surface area contributed by atoms with Crippen molar-refractivity contribution in [3.05, 3.63) is 53.9 Å². The molecular weight excluding hydrogens is 228 g/mol. The van der Waals surface area contributed by atoms with Crippen molar-refractivity contribution in [2.75, 3.05) is 0 Å². The van der Waals surface area contributed by atoms with Gasteiger partial charge in [-0.2, -0.15) is 0 Å². The predicted octanol–water partition coefficient (Wildman–Crippen LogP) is 2.64. The Labute approximate surface area is 96.3 Å². The molecule has 0 amide bonds. The maximum absolute atomic E-state index is 12.9. The Kier molecular flexibility index (Phi) is 3.30. The van der Waals surface area contributed by atoms with Crippen LogP contribution in [-0.2, 0) is 6.61 Å². The van der Waals surface area contributed by atoms with Crippen molar-refractivity contribution >= 4 is 0 Å². The van der Waals surface area contributed by atoms with Crippen molar-refractivity contribution in [3.63, 3.8) is 0 Å². The lowest BCUT2D eigenvalue weighted by Gasteiger charge is -2.09. The third kappa shape index (κ3) is 2.76. The third-order valence-electron chi connectivity index (χ3n) is 2.09. The fourth-order valence-electron chi connectivity index (χ4n) is 1.35. The second-order valence-electron chi connectivity index (χ2n) is 3.35. The van der Waals surface area contributed by atoms with E-state index < -0.39 is 11.6 Å². The van der Waals surface area contributed by atoms with Gasteiger partial charge in [0.15, 0.2) is 0 Å². The second-order valence-corrected chi connectivity index (χ2v) is 3.35. The number of pyridine rings is 1. The van der Waals surface area contributed by atoms with Crippen LogP contribution in [0.25, 0.3) is 0 Å². The van der Waals surface area contributed by atoms with Crippen LogP contribution in [0.5, 0.6) is 11.5 Å². The molecule has 1 N–H and O–H groups in total. The summed E-state index contributed by atoms with van der Waals surface area (Å²) in [5.41, 5.74) is 0.442. The molecule has 0 aliphatic rings. The van der Waals surface area contributed by atoms with Crippen LogP contribution in [0, 0.1) is 11.6 Å². The summed E-state index contributed by atoms with van der Waals surface area (Å²) in [5.74, 6) is -1.10. The molecule has 0 aliphatic heterocycles. The van der Waals surface area contributed by atoms with Crippen molar-refractivity contribution in [1.29, 1.82) is 0 Å². The van der Waals surface area contributed by atoms with E-state index >= 15 is 0 Å². The topological polar surface area (TPSA) is 42.4 Å². The number of nitrogens with zero attached hydrogens (tertiary/aromatic N) is 1. The quantitative estimate of drug-likeness (QED) is 0.892. The number of hydrogen-bond acceptors (Lipinski definition) is 3. The summed E-state index contributed by atoms with van der Waals surface area (Å²) in [4.78, 5) is 3.80. The minimum atomic E-state index is -0.723. The number of hydrogen-bond donors (Lipinski definition) is 1. The van der Waals surface area contributed by atoms with Crippen LogP contribution in [0.2, 0.25) is 0 Å². The highest BCUT2D eigenvalue weighted by Gasteiger charge is 2.06. The highest BCUT2D eigenvalue weighted by atomic mass is 19.1. The molecule has 1 aromatic carbocycles. The minimum absolute atomic E-state index is 0.0309. The lowest BCUT2D eigenvalue weighted by molar-refractivity contribution is 0.276. The van der Waals surface area contributed by atoms with Crippen LogP contribution in [0.3, 0.4) is 0 Å². The lowest BCUT2D eigenvalue weighted by Crippen LogP contribution is -1.93. The molecule has 0 saturated carbocycles. The van der Waals surface area contributed by atoms with Crippen LogP contribution in [0.15, 0.2) is 36.7 Å². The van der Waals surface area contributed by atoms with Gasteiger partial charge in [0.2, 0.25) is 0 Å². The average Bonchev–Trinajstić information content (AvgIpc) is 2.28. The average molecular weight is 237 g/mol. The van der Waals surface area contributed by atoms with E-state index in [1.54, 1.807) is 0 Å². The largest absolute Gasteiger partial charge is 0.457 e. The first kappa shape index (κ1) is 11.5. The third-order valence-corrected chi connectivity index (χ3v) is 2.09. The first-order chi connectivity index (χ1) is 8.19. The zero-order valence-corrected chi connectivity index (χ0v) is 8.73. The zero-order valence-electron chi connectivity index (χ0n) is 8.73. The normalized spacial score (nSPS) is 10.3. The number of aliphatic hydroxyl groups excluding tert-OH is 1. The van der Waals surface area contributed by atoms with E-state index in [0.717, 1.165) is 18.2 Å². The van der Waals surface area contributed by atoms with Crippen LogP contribution in [-0.4, -0.2) is 10.1 Å². The van der Waals surface area contributed by atoms with Gasteiger partial charge in [0, 0.05) is 36.2 Å². The molecule has 0 bridgehead atoms.